The number of anilines is 1. The molecule has 0 aliphatic carbocycles. The first-order valence-corrected chi connectivity index (χ1v) is 7.14. The molecule has 1 amide bonds. The van der Waals surface area contributed by atoms with Crippen molar-refractivity contribution in [3.05, 3.63) is 28.8 Å². The van der Waals surface area contributed by atoms with Crippen LogP contribution in [0, 0.1) is 13.8 Å². The van der Waals surface area contributed by atoms with Gasteiger partial charge < -0.3 is 10.4 Å². The molecule has 2 aromatic heterocycles. The minimum Gasteiger partial charge on any atom is -0.477 e. The Hall–Kier alpha value is -2.42. The number of hydrogen-bond acceptors (Lipinski definition) is 6. The van der Waals surface area contributed by atoms with Crippen LogP contribution in [0.5, 0.6) is 0 Å². The molecule has 2 heterocycles. The van der Waals surface area contributed by atoms with Gasteiger partial charge in [0, 0.05) is 6.07 Å². The number of nitrogens with zero attached hydrogens (tertiary/aromatic N) is 3. The maximum atomic E-state index is 12.3. The van der Waals surface area contributed by atoms with Gasteiger partial charge in [0.25, 0.3) is 5.91 Å². The maximum absolute atomic E-state index is 12.3. The van der Waals surface area contributed by atoms with Gasteiger partial charge in [-0.1, -0.05) is 0 Å². The van der Waals surface area contributed by atoms with Gasteiger partial charge in [0.05, 0.1) is 11.3 Å². The fraction of sp³-hybridized carbons (Fsp3) is 0.250. The van der Waals surface area contributed by atoms with Crippen molar-refractivity contribution in [1.29, 1.82) is 0 Å². The highest BCUT2D eigenvalue weighted by atomic mass is 32.2. The molecule has 110 valence electrons. The van der Waals surface area contributed by atoms with Gasteiger partial charge in [0.1, 0.15) is 16.5 Å². The standard InChI is InChI=1S/C12H13N5O3S/c1-5-9(11(21-3)14-6(2)13-5)10(18)15-8-4-7(12(19)20)16-17-8/h4H,1-3H3,(H,19,20)(H2,15,16,17,18). The van der Waals surface area contributed by atoms with Crippen molar-refractivity contribution in [2.24, 2.45) is 0 Å². The van der Waals surface area contributed by atoms with Gasteiger partial charge in [-0.25, -0.2) is 14.8 Å². The molecule has 21 heavy (non-hydrogen) atoms. The third kappa shape index (κ3) is 3.19. The van der Waals surface area contributed by atoms with Gasteiger partial charge in [-0.05, 0) is 20.1 Å². The number of carboxylic acids is 1. The molecule has 0 unspecified atom stereocenters. The zero-order valence-electron chi connectivity index (χ0n) is 11.6. The number of aryl methyl sites for hydroxylation is 2. The van der Waals surface area contributed by atoms with Crippen LogP contribution in [0.3, 0.4) is 0 Å². The van der Waals surface area contributed by atoms with Crippen molar-refractivity contribution in [3.63, 3.8) is 0 Å². The second-order valence-corrected chi connectivity index (χ2v) is 4.96. The fourth-order valence-electron chi connectivity index (χ4n) is 1.76. The van der Waals surface area contributed by atoms with E-state index in [1.807, 2.05) is 6.26 Å². The first-order chi connectivity index (χ1) is 9.92. The van der Waals surface area contributed by atoms with E-state index in [4.69, 9.17) is 5.11 Å². The molecule has 2 rings (SSSR count). The second-order valence-electron chi connectivity index (χ2n) is 4.17. The van der Waals surface area contributed by atoms with Gasteiger partial charge in [-0.15, -0.1) is 11.8 Å². The van der Waals surface area contributed by atoms with E-state index in [2.05, 4.69) is 25.5 Å². The Balaban J connectivity index is 2.29. The normalized spacial score (nSPS) is 10.4. The van der Waals surface area contributed by atoms with Gasteiger partial charge in [0.2, 0.25) is 0 Å². The Morgan fingerprint density at radius 2 is 2.05 bits per heavy atom. The van der Waals surface area contributed by atoms with Crippen molar-refractivity contribution in [3.8, 4) is 0 Å². The Labute approximate surface area is 124 Å². The maximum Gasteiger partial charge on any atom is 0.353 e. The lowest BCUT2D eigenvalue weighted by Crippen LogP contribution is -2.17. The molecule has 0 spiro atoms. The van der Waals surface area contributed by atoms with Crippen LogP contribution in [0.1, 0.15) is 32.4 Å². The molecule has 0 aromatic carbocycles. The molecule has 3 N–H and O–H groups in total. The molecule has 0 saturated carbocycles. The SMILES string of the molecule is CSc1nc(C)nc(C)c1C(=O)Nc1cc(C(=O)O)[nH]n1. The van der Waals surface area contributed by atoms with Crippen molar-refractivity contribution in [2.45, 2.75) is 18.9 Å². The van der Waals surface area contributed by atoms with Crippen LogP contribution in [-0.2, 0) is 0 Å². The summed E-state index contributed by atoms with van der Waals surface area (Å²) in [4.78, 5) is 31.4. The van der Waals surface area contributed by atoms with Crippen molar-refractivity contribution in [1.82, 2.24) is 20.2 Å². The van der Waals surface area contributed by atoms with E-state index in [9.17, 15) is 9.59 Å². The zero-order valence-corrected chi connectivity index (χ0v) is 12.4. The quantitative estimate of drug-likeness (QED) is 0.578. The first kappa shape index (κ1) is 15.0. The molecule has 0 bridgehead atoms. The smallest absolute Gasteiger partial charge is 0.353 e. The van der Waals surface area contributed by atoms with Gasteiger partial charge >= 0.3 is 5.97 Å². The molecule has 8 nitrogen and oxygen atoms in total. The summed E-state index contributed by atoms with van der Waals surface area (Å²) in [7, 11) is 0. The van der Waals surface area contributed by atoms with Crippen molar-refractivity contribution >= 4 is 29.5 Å². The third-order valence-corrected chi connectivity index (χ3v) is 3.32. The average Bonchev–Trinajstić information content (AvgIpc) is 2.86. The van der Waals surface area contributed by atoms with Crippen LogP contribution in [0.25, 0.3) is 0 Å². The highest BCUT2D eigenvalue weighted by Crippen LogP contribution is 2.21. The number of aromatic nitrogens is 4. The molecule has 0 aliphatic heterocycles. The molecule has 0 radical (unpaired) electrons. The molecule has 9 heteroatoms. The predicted molar refractivity (Wildman–Crippen MR) is 76.8 cm³/mol. The number of rotatable bonds is 4. The van der Waals surface area contributed by atoms with Crippen molar-refractivity contribution < 1.29 is 14.7 Å². The summed E-state index contributed by atoms with van der Waals surface area (Å²) in [5, 5.41) is 17.9. The number of thioether (sulfide) groups is 1. The van der Waals surface area contributed by atoms with E-state index in [-0.39, 0.29) is 11.5 Å². The lowest BCUT2D eigenvalue weighted by atomic mass is 10.2. The summed E-state index contributed by atoms with van der Waals surface area (Å²) in [6, 6.07) is 1.24. The largest absolute Gasteiger partial charge is 0.477 e. The highest BCUT2D eigenvalue weighted by Gasteiger charge is 2.19. The minimum atomic E-state index is -1.15. The first-order valence-electron chi connectivity index (χ1n) is 5.91. The number of aromatic amines is 1. The number of H-pyrrole nitrogens is 1. The molecular weight excluding hydrogens is 294 g/mol. The molecule has 0 atom stereocenters. The summed E-state index contributed by atoms with van der Waals surface area (Å²) < 4.78 is 0. The van der Waals surface area contributed by atoms with E-state index in [1.54, 1.807) is 13.8 Å². The van der Waals surface area contributed by atoms with Crippen LogP contribution in [0.15, 0.2) is 11.1 Å². The van der Waals surface area contributed by atoms with Crippen LogP contribution < -0.4 is 5.32 Å². The Bertz CT molecular complexity index is 713. The molecule has 2 aromatic rings. The number of nitrogens with one attached hydrogen (secondary N) is 2. The number of aromatic carboxylic acids is 1. The van der Waals surface area contributed by atoms with E-state index in [0.29, 0.717) is 22.1 Å². The lowest BCUT2D eigenvalue weighted by Gasteiger charge is -2.09. The Morgan fingerprint density at radius 1 is 1.33 bits per heavy atom. The summed E-state index contributed by atoms with van der Waals surface area (Å²) in [5.41, 5.74) is 0.804. The lowest BCUT2D eigenvalue weighted by molar-refractivity contribution is 0.0690. The zero-order chi connectivity index (χ0) is 15.6. The average molecular weight is 307 g/mol. The summed E-state index contributed by atoms with van der Waals surface area (Å²) >= 11 is 1.34. The number of hydrogen-bond donors (Lipinski definition) is 3. The number of carbonyl (C=O) groups is 2. The number of carbonyl (C=O) groups excluding carboxylic acids is 1. The van der Waals surface area contributed by atoms with Gasteiger partial charge in [-0.3, -0.25) is 9.89 Å². The third-order valence-electron chi connectivity index (χ3n) is 2.64. The Kier molecular flexibility index (Phi) is 4.22. The fourth-order valence-corrected chi connectivity index (χ4v) is 2.43. The van der Waals surface area contributed by atoms with Crippen LogP contribution >= 0.6 is 11.8 Å². The molecule has 0 aliphatic rings. The predicted octanol–water partition coefficient (Wildman–Crippen LogP) is 1.49. The Morgan fingerprint density at radius 3 is 2.62 bits per heavy atom. The summed E-state index contributed by atoms with van der Waals surface area (Å²) in [5.74, 6) is -0.867. The molecule has 0 fully saturated rings. The second kappa shape index (κ2) is 5.92. The monoisotopic (exact) mass is 307 g/mol. The van der Waals surface area contributed by atoms with Gasteiger partial charge in [0.15, 0.2) is 5.82 Å². The highest BCUT2D eigenvalue weighted by molar-refractivity contribution is 7.98. The summed E-state index contributed by atoms with van der Waals surface area (Å²) in [6.45, 7) is 3.47. The van der Waals surface area contributed by atoms with Crippen LogP contribution in [0.2, 0.25) is 0 Å². The van der Waals surface area contributed by atoms with E-state index >= 15 is 0 Å². The summed E-state index contributed by atoms with van der Waals surface area (Å²) in [6.07, 6.45) is 1.81. The topological polar surface area (TPSA) is 121 Å². The minimum absolute atomic E-state index is 0.104. The van der Waals surface area contributed by atoms with Crippen molar-refractivity contribution in [2.75, 3.05) is 11.6 Å². The van der Waals surface area contributed by atoms with E-state index < -0.39 is 11.9 Å². The van der Waals surface area contributed by atoms with E-state index in [0.717, 1.165) is 0 Å². The van der Waals surface area contributed by atoms with E-state index in [1.165, 1.54) is 17.8 Å². The molecular formula is C12H13N5O3S. The number of carboxylic acid groups (broad SMARTS) is 1. The number of amides is 1. The van der Waals surface area contributed by atoms with Gasteiger partial charge in [-0.2, -0.15) is 5.10 Å². The molecule has 0 saturated heterocycles. The van der Waals surface area contributed by atoms with Crippen LogP contribution in [-0.4, -0.2) is 43.4 Å². The van der Waals surface area contributed by atoms with Crippen LogP contribution in [0.4, 0.5) is 5.82 Å².